The molecule has 0 amide bonds. The molecule has 0 saturated carbocycles. The zero-order valence-corrected chi connectivity index (χ0v) is 6.99. The Morgan fingerprint density at radius 1 is 0.909 bits per heavy atom. The van der Waals surface area contributed by atoms with Crippen LogP contribution in [0.15, 0.2) is 0 Å². The van der Waals surface area contributed by atoms with Crippen LogP contribution in [0.3, 0.4) is 0 Å². The highest BCUT2D eigenvalue weighted by Gasteiger charge is 2.17. The first kappa shape index (κ1) is 8.69. The quantitative estimate of drug-likeness (QED) is 0.402. The Morgan fingerprint density at radius 3 is 1.64 bits per heavy atom. The average Bonchev–Trinajstić information content (AvgIpc) is 1.97. The second kappa shape index (κ2) is 2.92. The summed E-state index contributed by atoms with van der Waals surface area (Å²) in [5.74, 6) is -6.20. The number of pyridine rings is 1. The molecule has 1 heterocycles. The molecule has 11 heavy (non-hydrogen) atoms. The van der Waals surface area contributed by atoms with Gasteiger partial charge in [-0.2, -0.15) is 13.8 Å². The molecule has 1 rings (SSSR count). The molecule has 0 saturated heterocycles. The predicted octanol–water partition coefficient (Wildman–Crippen LogP) is 2.24. The molecule has 0 aliphatic heterocycles. The van der Waals surface area contributed by atoms with E-state index < -0.39 is 27.1 Å². The van der Waals surface area contributed by atoms with Gasteiger partial charge >= 0.3 is 0 Å². The second-order valence-corrected chi connectivity index (χ2v) is 2.71. The van der Waals surface area contributed by atoms with Crippen molar-refractivity contribution in [3.05, 3.63) is 27.1 Å². The Balaban J connectivity index is 3.46. The van der Waals surface area contributed by atoms with Crippen molar-refractivity contribution in [2.75, 3.05) is 0 Å². The third-order valence-electron chi connectivity index (χ3n) is 0.944. The first-order valence-corrected chi connectivity index (χ1v) is 3.47. The number of halogens is 5. The monoisotopic (exact) mass is 277 g/mol. The van der Waals surface area contributed by atoms with Crippen molar-refractivity contribution in [3.63, 3.8) is 0 Å². The number of aromatic nitrogens is 1. The maximum Gasteiger partial charge on any atom is 0.252 e. The van der Waals surface area contributed by atoms with Gasteiger partial charge in [0.1, 0.15) is 0 Å². The lowest BCUT2D eigenvalue weighted by Crippen LogP contribution is -2.02. The lowest BCUT2D eigenvalue weighted by molar-refractivity contribution is 0.400. The first-order chi connectivity index (χ1) is 5.04. The Hall–Kier alpha value is -0.400. The van der Waals surface area contributed by atoms with Gasteiger partial charge in [-0.05, 0) is 22.6 Å². The standard InChI is InChI=1S/C5F4IN/c6-1-3(10)2(7)5(9)11-4(1)8. The van der Waals surface area contributed by atoms with Gasteiger partial charge in [0.15, 0.2) is 11.6 Å². The molecule has 0 spiro atoms. The summed E-state index contributed by atoms with van der Waals surface area (Å²) in [6.45, 7) is 0. The van der Waals surface area contributed by atoms with Crippen molar-refractivity contribution in [2.24, 2.45) is 0 Å². The van der Waals surface area contributed by atoms with Crippen LogP contribution in [0.1, 0.15) is 0 Å². The molecule has 1 nitrogen and oxygen atoms in total. The van der Waals surface area contributed by atoms with Crippen LogP contribution in [0.5, 0.6) is 0 Å². The van der Waals surface area contributed by atoms with Crippen LogP contribution >= 0.6 is 22.6 Å². The van der Waals surface area contributed by atoms with Crippen molar-refractivity contribution in [2.45, 2.75) is 0 Å². The van der Waals surface area contributed by atoms with Crippen molar-refractivity contribution >= 4 is 22.6 Å². The summed E-state index contributed by atoms with van der Waals surface area (Å²) in [6, 6.07) is 0. The highest BCUT2D eigenvalue weighted by Crippen LogP contribution is 2.17. The van der Waals surface area contributed by atoms with E-state index in [1.807, 2.05) is 0 Å². The van der Waals surface area contributed by atoms with Gasteiger partial charge in [-0.3, -0.25) is 0 Å². The number of hydrogen-bond donors (Lipinski definition) is 0. The van der Waals surface area contributed by atoms with E-state index in [-0.39, 0.29) is 0 Å². The summed E-state index contributed by atoms with van der Waals surface area (Å²) < 4.78 is 48.2. The van der Waals surface area contributed by atoms with E-state index in [1.54, 1.807) is 0 Å². The molecule has 1 aromatic heterocycles. The smallest absolute Gasteiger partial charge is 0.201 e. The fourth-order valence-corrected chi connectivity index (χ4v) is 0.907. The molecule has 6 heteroatoms. The Bertz CT molecular complexity index is 275. The van der Waals surface area contributed by atoms with Gasteiger partial charge in [0.25, 0.3) is 11.9 Å². The van der Waals surface area contributed by atoms with Crippen LogP contribution in [-0.4, -0.2) is 4.98 Å². The summed E-state index contributed by atoms with van der Waals surface area (Å²) in [5, 5.41) is 0. The molecule has 0 N–H and O–H groups in total. The zero-order chi connectivity index (χ0) is 8.59. The number of hydrogen-bond acceptors (Lipinski definition) is 1. The maximum atomic E-state index is 12.3. The summed E-state index contributed by atoms with van der Waals surface area (Å²) in [4.78, 5) is 2.35. The molecule has 0 atom stereocenters. The average molecular weight is 277 g/mol. The summed E-state index contributed by atoms with van der Waals surface area (Å²) in [7, 11) is 0. The molecule has 0 unspecified atom stereocenters. The van der Waals surface area contributed by atoms with Gasteiger partial charge in [-0.1, -0.05) is 0 Å². The van der Waals surface area contributed by atoms with Crippen LogP contribution in [0.2, 0.25) is 0 Å². The highest BCUT2D eigenvalue weighted by molar-refractivity contribution is 14.1. The Labute approximate surface area is 72.6 Å². The lowest BCUT2D eigenvalue weighted by Gasteiger charge is -1.97. The zero-order valence-electron chi connectivity index (χ0n) is 4.84. The van der Waals surface area contributed by atoms with Gasteiger partial charge in [0.2, 0.25) is 0 Å². The van der Waals surface area contributed by atoms with Gasteiger partial charge in [0, 0.05) is 0 Å². The van der Waals surface area contributed by atoms with Crippen LogP contribution in [0.4, 0.5) is 17.6 Å². The third kappa shape index (κ3) is 1.44. The van der Waals surface area contributed by atoms with Gasteiger partial charge < -0.3 is 0 Å². The van der Waals surface area contributed by atoms with E-state index in [2.05, 4.69) is 4.98 Å². The molecule has 1 aromatic rings. The number of nitrogens with zero attached hydrogens (tertiary/aromatic N) is 1. The Kier molecular flexibility index (Phi) is 2.31. The van der Waals surface area contributed by atoms with E-state index in [9.17, 15) is 17.6 Å². The van der Waals surface area contributed by atoms with E-state index in [1.165, 1.54) is 0 Å². The van der Waals surface area contributed by atoms with E-state index in [0.717, 1.165) is 22.6 Å². The molecule has 60 valence electrons. The lowest BCUT2D eigenvalue weighted by atomic mass is 10.4. The van der Waals surface area contributed by atoms with Crippen molar-refractivity contribution < 1.29 is 17.6 Å². The fourth-order valence-electron chi connectivity index (χ4n) is 0.462. The molecule has 0 aliphatic carbocycles. The van der Waals surface area contributed by atoms with Crippen LogP contribution in [0.25, 0.3) is 0 Å². The minimum Gasteiger partial charge on any atom is -0.201 e. The van der Waals surface area contributed by atoms with E-state index >= 15 is 0 Å². The molecule has 0 fully saturated rings. The summed E-state index contributed by atoms with van der Waals surface area (Å²) >= 11 is 1.15. The molecule has 0 radical (unpaired) electrons. The molecular weight excluding hydrogens is 277 g/mol. The molecule has 0 aromatic carbocycles. The van der Waals surface area contributed by atoms with Crippen molar-refractivity contribution in [3.8, 4) is 0 Å². The minimum absolute atomic E-state index is 0.729. The van der Waals surface area contributed by atoms with Gasteiger partial charge in [-0.25, -0.2) is 8.78 Å². The maximum absolute atomic E-state index is 12.3. The van der Waals surface area contributed by atoms with Crippen molar-refractivity contribution in [1.82, 2.24) is 4.98 Å². The summed E-state index contributed by atoms with van der Waals surface area (Å²) in [5.41, 5.74) is 0. The number of rotatable bonds is 0. The molecule has 0 bridgehead atoms. The Morgan fingerprint density at radius 2 is 1.27 bits per heavy atom. The fraction of sp³-hybridized carbons (Fsp3) is 0. The molecule has 0 aliphatic rings. The largest absolute Gasteiger partial charge is 0.252 e. The van der Waals surface area contributed by atoms with E-state index in [0.29, 0.717) is 0 Å². The SMILES string of the molecule is Fc1nc(F)c(F)c(I)c1F. The second-order valence-electron chi connectivity index (χ2n) is 1.64. The van der Waals surface area contributed by atoms with Crippen LogP contribution < -0.4 is 0 Å². The van der Waals surface area contributed by atoms with Gasteiger partial charge in [-0.15, -0.1) is 0 Å². The van der Waals surface area contributed by atoms with Crippen LogP contribution in [0, 0.1) is 27.1 Å². The summed E-state index contributed by atoms with van der Waals surface area (Å²) in [6.07, 6.45) is 0. The van der Waals surface area contributed by atoms with Crippen LogP contribution in [-0.2, 0) is 0 Å². The predicted molar refractivity (Wildman–Crippen MR) is 36.8 cm³/mol. The van der Waals surface area contributed by atoms with E-state index in [4.69, 9.17) is 0 Å². The van der Waals surface area contributed by atoms with Gasteiger partial charge in [0.05, 0.1) is 3.57 Å². The minimum atomic E-state index is -1.63. The topological polar surface area (TPSA) is 12.9 Å². The highest BCUT2D eigenvalue weighted by atomic mass is 127. The normalized spacial score (nSPS) is 10.3. The molecular formula is C5F4IN. The first-order valence-electron chi connectivity index (χ1n) is 2.39. The van der Waals surface area contributed by atoms with Crippen molar-refractivity contribution in [1.29, 1.82) is 0 Å². The third-order valence-corrected chi connectivity index (χ3v) is 1.89.